The monoisotopic (exact) mass is 399 g/mol. The van der Waals surface area contributed by atoms with E-state index in [0.29, 0.717) is 9.49 Å². The molecule has 9 heteroatoms. The molecule has 0 atom stereocenters. The van der Waals surface area contributed by atoms with E-state index in [1.54, 1.807) is 24.3 Å². The van der Waals surface area contributed by atoms with Crippen LogP contribution in [0.2, 0.25) is 5.02 Å². The van der Waals surface area contributed by atoms with Crippen molar-refractivity contribution in [3.05, 3.63) is 58.6 Å². The second-order valence-electron chi connectivity index (χ2n) is 5.17. The molecule has 2 aromatic carbocycles. The van der Waals surface area contributed by atoms with E-state index in [0.717, 1.165) is 5.56 Å². The average Bonchev–Trinajstić information content (AvgIpc) is 2.65. The molecule has 0 aromatic heterocycles. The van der Waals surface area contributed by atoms with Gasteiger partial charge in [-0.15, -0.1) is 0 Å². The molecule has 0 fully saturated rings. The summed E-state index contributed by atoms with van der Waals surface area (Å²) < 4.78 is 35.9. The first-order chi connectivity index (χ1) is 12.3. The van der Waals surface area contributed by atoms with Gasteiger partial charge in [0.15, 0.2) is 0 Å². The van der Waals surface area contributed by atoms with Gasteiger partial charge in [0.2, 0.25) is 0 Å². The summed E-state index contributed by atoms with van der Waals surface area (Å²) in [5, 5.41) is 0.576. The molecule has 0 aliphatic rings. The highest BCUT2D eigenvalue weighted by Gasteiger charge is 2.26. The predicted molar refractivity (Wildman–Crippen MR) is 95.5 cm³/mol. The van der Waals surface area contributed by atoms with Crippen LogP contribution in [0.25, 0.3) is 0 Å². The lowest BCUT2D eigenvalue weighted by Gasteiger charge is -2.17. The molecule has 0 radical (unpaired) electrons. The van der Waals surface area contributed by atoms with Crippen LogP contribution in [0.4, 0.5) is 0 Å². The smallest absolute Gasteiger partial charge is 0.338 e. The third-order valence-electron chi connectivity index (χ3n) is 3.56. The zero-order valence-corrected chi connectivity index (χ0v) is 16.0. The number of rotatable bonds is 7. The minimum Gasteiger partial charge on any atom is -0.495 e. The topological polar surface area (TPSA) is 82.1 Å². The molecule has 7 nitrogen and oxygen atoms in total. The van der Waals surface area contributed by atoms with Gasteiger partial charge in [0.05, 0.1) is 19.8 Å². The van der Waals surface area contributed by atoms with Gasteiger partial charge in [-0.3, -0.25) is 4.84 Å². The number of hydroxylamine groups is 1. The quantitative estimate of drug-likeness (QED) is 0.526. The number of hydrogen-bond donors (Lipinski definition) is 0. The first-order valence-corrected chi connectivity index (χ1v) is 9.24. The lowest BCUT2D eigenvalue weighted by Crippen LogP contribution is -2.26. The number of benzene rings is 2. The molecule has 2 rings (SSSR count). The summed E-state index contributed by atoms with van der Waals surface area (Å²) in [6, 6.07) is 10.8. The van der Waals surface area contributed by atoms with Crippen LogP contribution in [-0.4, -0.2) is 40.1 Å². The van der Waals surface area contributed by atoms with Crippen molar-refractivity contribution in [2.45, 2.75) is 11.5 Å². The molecule has 0 amide bonds. The fourth-order valence-electron chi connectivity index (χ4n) is 2.05. The van der Waals surface area contributed by atoms with Crippen LogP contribution < -0.4 is 4.74 Å². The molecule has 0 N–H and O–H groups in total. The van der Waals surface area contributed by atoms with Crippen LogP contribution in [0.5, 0.6) is 5.75 Å². The number of sulfonamides is 1. The highest BCUT2D eigenvalue weighted by Crippen LogP contribution is 2.27. The third-order valence-corrected chi connectivity index (χ3v) is 5.51. The highest BCUT2D eigenvalue weighted by atomic mass is 35.5. The lowest BCUT2D eigenvalue weighted by molar-refractivity contribution is -0.0259. The van der Waals surface area contributed by atoms with Gasteiger partial charge < -0.3 is 9.47 Å². The first kappa shape index (κ1) is 20.2. The number of nitrogens with zero attached hydrogens (tertiary/aromatic N) is 1. The van der Waals surface area contributed by atoms with Crippen molar-refractivity contribution in [2.75, 3.05) is 21.3 Å². The Morgan fingerprint density at radius 1 is 1.12 bits per heavy atom. The van der Waals surface area contributed by atoms with Crippen LogP contribution in [-0.2, 0) is 26.2 Å². The van der Waals surface area contributed by atoms with Crippen molar-refractivity contribution in [1.29, 1.82) is 0 Å². The third kappa shape index (κ3) is 4.53. The van der Waals surface area contributed by atoms with Gasteiger partial charge >= 0.3 is 5.97 Å². The summed E-state index contributed by atoms with van der Waals surface area (Å²) in [4.78, 5) is 16.8. The molecular formula is C17H18ClNO6S. The fourth-order valence-corrected chi connectivity index (χ4v) is 3.34. The van der Waals surface area contributed by atoms with Crippen LogP contribution in [0, 0.1) is 0 Å². The van der Waals surface area contributed by atoms with Crippen molar-refractivity contribution >= 4 is 27.6 Å². The Labute approximate surface area is 157 Å². The van der Waals surface area contributed by atoms with Crippen LogP contribution in [0.3, 0.4) is 0 Å². The Bertz CT molecular complexity index is 883. The van der Waals surface area contributed by atoms with Crippen molar-refractivity contribution in [1.82, 2.24) is 4.47 Å². The summed E-state index contributed by atoms with van der Waals surface area (Å²) in [6.07, 6.45) is 0. The van der Waals surface area contributed by atoms with Gasteiger partial charge in [-0.2, -0.15) is 0 Å². The largest absolute Gasteiger partial charge is 0.495 e. The zero-order chi connectivity index (χ0) is 19.3. The minimum absolute atomic E-state index is 0.0298. The average molecular weight is 400 g/mol. The van der Waals surface area contributed by atoms with E-state index < -0.39 is 16.0 Å². The molecule has 0 spiro atoms. The van der Waals surface area contributed by atoms with Crippen molar-refractivity contribution in [3.63, 3.8) is 0 Å². The normalized spacial score (nSPS) is 11.4. The molecule has 0 aliphatic carbocycles. The number of hydrogen-bond acceptors (Lipinski definition) is 6. The van der Waals surface area contributed by atoms with E-state index in [9.17, 15) is 13.2 Å². The number of esters is 1. The molecule has 0 heterocycles. The minimum atomic E-state index is -4.00. The van der Waals surface area contributed by atoms with E-state index >= 15 is 0 Å². The number of carbonyl (C=O) groups is 1. The second-order valence-corrected chi connectivity index (χ2v) is 7.51. The Morgan fingerprint density at radius 3 is 2.35 bits per heavy atom. The molecule has 0 aliphatic heterocycles. The van der Waals surface area contributed by atoms with Crippen LogP contribution >= 0.6 is 11.6 Å². The van der Waals surface area contributed by atoms with E-state index in [1.807, 2.05) is 0 Å². The Morgan fingerprint density at radius 2 is 1.77 bits per heavy atom. The van der Waals surface area contributed by atoms with E-state index in [-0.39, 0.29) is 22.8 Å². The maximum Gasteiger partial charge on any atom is 0.338 e. The molecule has 0 saturated carbocycles. The Hall–Kier alpha value is -2.13. The summed E-state index contributed by atoms with van der Waals surface area (Å²) in [5.74, 6) is -0.581. The maximum absolute atomic E-state index is 12.5. The summed E-state index contributed by atoms with van der Waals surface area (Å²) in [6.45, 7) is 0.0298. The second kappa shape index (κ2) is 8.50. The predicted octanol–water partition coefficient (Wildman–Crippen LogP) is 2.89. The number of carbonyl (C=O) groups excluding carboxylic acids is 1. The van der Waals surface area contributed by atoms with Crippen LogP contribution in [0.1, 0.15) is 15.9 Å². The standard InChI is InChI=1S/C17H18ClNO6S/c1-19(24-3)26(21,22)16-10-13(6-9-15(16)23-2)17(20)25-11-12-4-7-14(18)8-5-12/h4-10H,11H2,1-3H3. The molecule has 140 valence electrons. The zero-order valence-electron chi connectivity index (χ0n) is 14.4. The summed E-state index contributed by atoms with van der Waals surface area (Å²) in [7, 11) is -0.210. The fraction of sp³-hybridized carbons (Fsp3) is 0.235. The van der Waals surface area contributed by atoms with E-state index in [4.69, 9.17) is 25.9 Å². The number of halogens is 1. The van der Waals surface area contributed by atoms with Gasteiger partial charge in [0.25, 0.3) is 10.0 Å². The van der Waals surface area contributed by atoms with Gasteiger partial charge in [-0.05, 0) is 35.9 Å². The maximum atomic E-state index is 12.5. The van der Waals surface area contributed by atoms with Gasteiger partial charge in [-0.1, -0.05) is 28.2 Å². The van der Waals surface area contributed by atoms with Crippen molar-refractivity contribution in [3.8, 4) is 5.75 Å². The number of methoxy groups -OCH3 is 1. The lowest BCUT2D eigenvalue weighted by atomic mass is 10.2. The summed E-state index contributed by atoms with van der Waals surface area (Å²) >= 11 is 5.81. The first-order valence-electron chi connectivity index (χ1n) is 7.42. The van der Waals surface area contributed by atoms with Crippen molar-refractivity contribution in [2.24, 2.45) is 0 Å². The SMILES string of the molecule is COc1ccc(C(=O)OCc2ccc(Cl)cc2)cc1S(=O)(=O)N(C)OC. The summed E-state index contributed by atoms with van der Waals surface area (Å²) in [5.41, 5.74) is 0.825. The molecule has 2 aromatic rings. The molecule has 0 saturated heterocycles. The Kier molecular flexibility index (Phi) is 6.60. The molecular weight excluding hydrogens is 382 g/mol. The highest BCUT2D eigenvalue weighted by molar-refractivity contribution is 7.89. The molecule has 0 unspecified atom stereocenters. The molecule has 26 heavy (non-hydrogen) atoms. The van der Waals surface area contributed by atoms with E-state index in [1.165, 1.54) is 39.5 Å². The van der Waals surface area contributed by atoms with E-state index in [2.05, 4.69) is 0 Å². The van der Waals surface area contributed by atoms with Crippen molar-refractivity contribution < 1.29 is 27.5 Å². The Balaban J connectivity index is 2.25. The van der Waals surface area contributed by atoms with Gasteiger partial charge in [0, 0.05) is 12.1 Å². The van der Waals surface area contributed by atoms with Gasteiger partial charge in [-0.25, -0.2) is 13.2 Å². The van der Waals surface area contributed by atoms with Crippen LogP contribution in [0.15, 0.2) is 47.4 Å². The molecule has 0 bridgehead atoms. The number of ether oxygens (including phenoxy) is 2. The van der Waals surface area contributed by atoms with Gasteiger partial charge in [0.1, 0.15) is 17.3 Å².